The van der Waals surface area contributed by atoms with Crippen molar-refractivity contribution in [3.63, 3.8) is 0 Å². The SMILES string of the molecule is COc1ncc(Cl)cc1-c1cccc(C2(C)N=C(N)N(CC3CCNCC3)C2=O)c1. The molecule has 1 saturated heterocycles. The molecule has 8 heteroatoms. The van der Waals surface area contributed by atoms with Gasteiger partial charge in [-0.1, -0.05) is 29.8 Å². The number of nitrogens with two attached hydrogens (primary N) is 1. The fourth-order valence-corrected chi connectivity index (χ4v) is 4.33. The molecule has 0 radical (unpaired) electrons. The molecule has 3 heterocycles. The van der Waals surface area contributed by atoms with Gasteiger partial charge in [0.05, 0.1) is 12.1 Å². The van der Waals surface area contributed by atoms with Gasteiger partial charge in [0.25, 0.3) is 5.91 Å². The van der Waals surface area contributed by atoms with Gasteiger partial charge in [-0.25, -0.2) is 9.98 Å². The molecule has 7 nitrogen and oxygen atoms in total. The summed E-state index contributed by atoms with van der Waals surface area (Å²) < 4.78 is 5.39. The quantitative estimate of drug-likeness (QED) is 0.765. The highest BCUT2D eigenvalue weighted by Crippen LogP contribution is 2.37. The summed E-state index contributed by atoms with van der Waals surface area (Å²) in [5.74, 6) is 1.09. The lowest BCUT2D eigenvalue weighted by Gasteiger charge is -2.29. The highest BCUT2D eigenvalue weighted by atomic mass is 35.5. The van der Waals surface area contributed by atoms with E-state index in [1.165, 1.54) is 0 Å². The van der Waals surface area contributed by atoms with Crippen LogP contribution in [0.5, 0.6) is 5.88 Å². The van der Waals surface area contributed by atoms with Gasteiger partial charge in [0.15, 0.2) is 11.5 Å². The lowest BCUT2D eigenvalue weighted by Crippen LogP contribution is -2.45. The minimum Gasteiger partial charge on any atom is -0.481 e. The predicted molar refractivity (Wildman–Crippen MR) is 118 cm³/mol. The van der Waals surface area contributed by atoms with E-state index in [1.807, 2.05) is 31.2 Å². The maximum absolute atomic E-state index is 13.4. The molecular formula is C22H26ClN5O2. The number of piperidine rings is 1. The molecule has 1 aromatic heterocycles. The molecule has 2 aliphatic heterocycles. The number of rotatable bonds is 5. The molecule has 1 amide bonds. The number of nitrogens with one attached hydrogen (secondary N) is 1. The summed E-state index contributed by atoms with van der Waals surface area (Å²) in [6.07, 6.45) is 3.61. The van der Waals surface area contributed by atoms with E-state index in [4.69, 9.17) is 22.1 Å². The fraction of sp³-hybridized carbons (Fsp3) is 0.409. The van der Waals surface area contributed by atoms with E-state index in [0.717, 1.165) is 42.6 Å². The molecule has 0 bridgehead atoms. The van der Waals surface area contributed by atoms with E-state index in [2.05, 4.69) is 15.3 Å². The Morgan fingerprint density at radius 1 is 1.33 bits per heavy atom. The smallest absolute Gasteiger partial charge is 0.261 e. The molecule has 158 valence electrons. The minimum atomic E-state index is -1.06. The van der Waals surface area contributed by atoms with Crippen LogP contribution in [0.2, 0.25) is 5.02 Å². The van der Waals surface area contributed by atoms with Gasteiger partial charge < -0.3 is 15.8 Å². The molecule has 0 spiro atoms. The van der Waals surface area contributed by atoms with Gasteiger partial charge >= 0.3 is 0 Å². The van der Waals surface area contributed by atoms with Crippen molar-refractivity contribution in [1.82, 2.24) is 15.2 Å². The number of benzene rings is 1. The van der Waals surface area contributed by atoms with Crippen LogP contribution in [0.1, 0.15) is 25.3 Å². The second-order valence-corrected chi connectivity index (χ2v) is 8.38. The van der Waals surface area contributed by atoms with Crippen molar-refractivity contribution in [2.24, 2.45) is 16.6 Å². The fourth-order valence-electron chi connectivity index (χ4n) is 4.18. The normalized spacial score (nSPS) is 22.3. The van der Waals surface area contributed by atoms with Crippen LogP contribution in [-0.4, -0.2) is 48.5 Å². The monoisotopic (exact) mass is 427 g/mol. The number of aliphatic imine (C=N–C) groups is 1. The van der Waals surface area contributed by atoms with Crippen LogP contribution in [0.3, 0.4) is 0 Å². The topological polar surface area (TPSA) is 92.8 Å². The van der Waals surface area contributed by atoms with Gasteiger partial charge in [0, 0.05) is 18.3 Å². The average Bonchev–Trinajstić information content (AvgIpc) is 2.98. The van der Waals surface area contributed by atoms with Crippen LogP contribution in [-0.2, 0) is 10.3 Å². The number of ether oxygens (including phenoxy) is 1. The molecule has 1 fully saturated rings. The van der Waals surface area contributed by atoms with Crippen LogP contribution in [0.25, 0.3) is 11.1 Å². The molecule has 0 aliphatic carbocycles. The van der Waals surface area contributed by atoms with E-state index in [9.17, 15) is 4.79 Å². The summed E-state index contributed by atoms with van der Waals surface area (Å²) in [6, 6.07) is 9.45. The highest BCUT2D eigenvalue weighted by Gasteiger charge is 2.46. The highest BCUT2D eigenvalue weighted by molar-refractivity contribution is 6.30. The number of methoxy groups -OCH3 is 1. The number of amides is 1. The van der Waals surface area contributed by atoms with Crippen molar-refractivity contribution in [2.45, 2.75) is 25.3 Å². The first-order valence-electron chi connectivity index (χ1n) is 10.1. The third-order valence-electron chi connectivity index (χ3n) is 5.92. The standard InChI is InChI=1S/C22H26ClN5O2/c1-22(20(29)28(21(24)27-22)13-14-6-8-25-9-7-14)16-5-3-4-15(10-16)18-11-17(23)12-26-19(18)30-2/h3-5,10-12,14,25H,6-9,13H2,1-2H3,(H2,24,27). The molecule has 0 saturated carbocycles. The average molecular weight is 428 g/mol. The summed E-state index contributed by atoms with van der Waals surface area (Å²) in [5.41, 5.74) is 7.51. The van der Waals surface area contributed by atoms with Crippen LogP contribution in [0, 0.1) is 5.92 Å². The summed E-state index contributed by atoms with van der Waals surface area (Å²) >= 11 is 6.15. The minimum absolute atomic E-state index is 0.0909. The van der Waals surface area contributed by atoms with Crippen molar-refractivity contribution < 1.29 is 9.53 Å². The van der Waals surface area contributed by atoms with E-state index in [0.29, 0.717) is 23.4 Å². The van der Waals surface area contributed by atoms with Gasteiger partial charge in [-0.15, -0.1) is 0 Å². The summed E-state index contributed by atoms with van der Waals surface area (Å²) in [6.45, 7) is 4.37. The van der Waals surface area contributed by atoms with Gasteiger partial charge in [-0.3, -0.25) is 9.69 Å². The third-order valence-corrected chi connectivity index (χ3v) is 6.13. The van der Waals surface area contributed by atoms with Crippen molar-refractivity contribution >= 4 is 23.5 Å². The molecule has 2 aliphatic rings. The largest absolute Gasteiger partial charge is 0.481 e. The first-order valence-corrected chi connectivity index (χ1v) is 10.5. The maximum atomic E-state index is 13.4. The predicted octanol–water partition coefficient (Wildman–Crippen LogP) is 2.78. The number of pyridine rings is 1. The number of carbonyl (C=O) groups excluding carboxylic acids is 1. The number of guanidine groups is 1. The Morgan fingerprint density at radius 2 is 2.10 bits per heavy atom. The molecular weight excluding hydrogens is 402 g/mol. The van der Waals surface area contributed by atoms with Crippen LogP contribution < -0.4 is 15.8 Å². The van der Waals surface area contributed by atoms with E-state index >= 15 is 0 Å². The Kier molecular flexibility index (Phi) is 5.66. The lowest BCUT2D eigenvalue weighted by molar-refractivity contribution is -0.131. The Bertz CT molecular complexity index is 989. The van der Waals surface area contributed by atoms with Gasteiger partial charge in [0.2, 0.25) is 5.88 Å². The van der Waals surface area contributed by atoms with Gasteiger partial charge in [-0.05, 0) is 62.0 Å². The van der Waals surface area contributed by atoms with E-state index < -0.39 is 5.54 Å². The molecule has 4 rings (SSSR count). The number of carbonyl (C=O) groups is 1. The summed E-state index contributed by atoms with van der Waals surface area (Å²) in [5, 5.41) is 3.86. The molecule has 30 heavy (non-hydrogen) atoms. The Morgan fingerprint density at radius 3 is 2.83 bits per heavy atom. The number of hydrogen-bond donors (Lipinski definition) is 2. The lowest BCUT2D eigenvalue weighted by atomic mass is 9.89. The number of nitrogens with zero attached hydrogens (tertiary/aromatic N) is 3. The molecule has 1 aromatic carbocycles. The molecule has 2 aromatic rings. The second kappa shape index (κ2) is 8.24. The summed E-state index contributed by atoms with van der Waals surface area (Å²) in [4.78, 5) is 23.9. The zero-order chi connectivity index (χ0) is 21.3. The first kappa shape index (κ1) is 20.6. The molecule has 1 atom stereocenters. The van der Waals surface area contributed by atoms with Crippen LogP contribution in [0.15, 0.2) is 41.5 Å². The van der Waals surface area contributed by atoms with Crippen molar-refractivity contribution in [1.29, 1.82) is 0 Å². The van der Waals surface area contributed by atoms with Crippen molar-refractivity contribution in [2.75, 3.05) is 26.7 Å². The molecule has 1 unspecified atom stereocenters. The second-order valence-electron chi connectivity index (χ2n) is 7.94. The van der Waals surface area contributed by atoms with Gasteiger partial charge in [-0.2, -0.15) is 0 Å². The molecule has 3 N–H and O–H groups in total. The van der Waals surface area contributed by atoms with Gasteiger partial charge in [0.1, 0.15) is 0 Å². The van der Waals surface area contributed by atoms with Crippen LogP contribution >= 0.6 is 11.6 Å². The van der Waals surface area contributed by atoms with E-state index in [1.54, 1.807) is 24.3 Å². The first-order chi connectivity index (χ1) is 14.4. The number of aromatic nitrogens is 1. The van der Waals surface area contributed by atoms with Crippen molar-refractivity contribution in [3.05, 3.63) is 47.1 Å². The zero-order valence-electron chi connectivity index (χ0n) is 17.2. The summed E-state index contributed by atoms with van der Waals surface area (Å²) in [7, 11) is 1.56. The number of halogens is 1. The maximum Gasteiger partial charge on any atom is 0.261 e. The Labute approximate surface area is 181 Å². The van der Waals surface area contributed by atoms with Crippen LogP contribution in [0.4, 0.5) is 0 Å². The third kappa shape index (κ3) is 3.75. The van der Waals surface area contributed by atoms with Crippen molar-refractivity contribution in [3.8, 4) is 17.0 Å². The Balaban J connectivity index is 1.65. The zero-order valence-corrected chi connectivity index (χ0v) is 17.9. The number of hydrogen-bond acceptors (Lipinski definition) is 6. The van der Waals surface area contributed by atoms with E-state index in [-0.39, 0.29) is 11.9 Å². The Hall–Kier alpha value is -2.64.